The zero-order valence-electron chi connectivity index (χ0n) is 17.2. The third-order valence-corrected chi connectivity index (χ3v) is 6.81. The number of carbonyl (C=O) groups is 2. The Hall–Kier alpha value is -3.00. The van der Waals surface area contributed by atoms with E-state index in [-0.39, 0.29) is 11.9 Å². The first-order valence-corrected chi connectivity index (χ1v) is 10.7. The summed E-state index contributed by atoms with van der Waals surface area (Å²) in [5.41, 5.74) is -1.46. The van der Waals surface area contributed by atoms with Crippen molar-refractivity contribution in [3.63, 3.8) is 0 Å². The number of imide groups is 1. The van der Waals surface area contributed by atoms with Gasteiger partial charge in [0.1, 0.15) is 16.9 Å². The van der Waals surface area contributed by atoms with Crippen molar-refractivity contribution in [1.82, 2.24) is 15.4 Å². The molecule has 3 unspecified atom stereocenters. The van der Waals surface area contributed by atoms with Gasteiger partial charge >= 0.3 is 0 Å². The molecule has 162 valence electrons. The Bertz CT molecular complexity index is 1140. The van der Waals surface area contributed by atoms with Gasteiger partial charge in [0.15, 0.2) is 11.2 Å². The molecule has 2 amide bonds. The van der Waals surface area contributed by atoms with E-state index < -0.39 is 22.8 Å². The van der Waals surface area contributed by atoms with Gasteiger partial charge in [0.2, 0.25) is 5.91 Å². The highest BCUT2D eigenvalue weighted by Gasteiger charge is 2.64. The van der Waals surface area contributed by atoms with Crippen molar-refractivity contribution in [2.75, 3.05) is 6.54 Å². The van der Waals surface area contributed by atoms with Gasteiger partial charge in [0, 0.05) is 23.7 Å². The number of rotatable bonds is 4. The molecular weight excluding hydrogens is 401 g/mol. The molecule has 3 aliphatic rings. The minimum absolute atomic E-state index is 0.154. The third-order valence-electron chi connectivity index (χ3n) is 6.81. The summed E-state index contributed by atoms with van der Waals surface area (Å²) in [6, 6.07) is 4.21. The number of benzene rings is 1. The number of nitrogens with zero attached hydrogens (tertiary/aromatic N) is 2. The van der Waals surface area contributed by atoms with E-state index in [0.29, 0.717) is 36.4 Å². The van der Waals surface area contributed by atoms with Gasteiger partial charge in [-0.15, -0.1) is 0 Å². The highest BCUT2D eigenvalue weighted by molar-refractivity contribution is 6.14. The van der Waals surface area contributed by atoms with E-state index in [2.05, 4.69) is 15.4 Å². The van der Waals surface area contributed by atoms with Gasteiger partial charge < -0.3 is 14.5 Å². The van der Waals surface area contributed by atoms with Gasteiger partial charge in [-0.3, -0.25) is 14.9 Å². The molecule has 2 aromatic rings. The zero-order valence-corrected chi connectivity index (χ0v) is 17.2. The van der Waals surface area contributed by atoms with Crippen LogP contribution < -0.4 is 5.32 Å². The molecule has 3 atom stereocenters. The SMILES string of the molecule is CCCC12C=CC(N3CCCCC3c3noc4cc(F)ccc34)=CC1(O)C(=O)NC2=O. The molecular formula is C23H24FN3O4. The summed E-state index contributed by atoms with van der Waals surface area (Å²) in [7, 11) is 0. The maximum atomic E-state index is 13.6. The summed E-state index contributed by atoms with van der Waals surface area (Å²) in [5.74, 6) is -1.54. The summed E-state index contributed by atoms with van der Waals surface area (Å²) in [6.07, 6.45) is 8.74. The number of aromatic nitrogens is 1. The maximum Gasteiger partial charge on any atom is 0.264 e. The molecule has 7 nitrogen and oxygen atoms in total. The topological polar surface area (TPSA) is 95.7 Å². The number of hydrogen-bond acceptors (Lipinski definition) is 6. The normalized spacial score (nSPS) is 30.5. The lowest BCUT2D eigenvalue weighted by atomic mass is 9.67. The Morgan fingerprint density at radius 1 is 1.32 bits per heavy atom. The fraction of sp³-hybridized carbons (Fsp3) is 0.435. The number of allylic oxidation sites excluding steroid dienone is 1. The predicted octanol–water partition coefficient (Wildman–Crippen LogP) is 3.12. The van der Waals surface area contributed by atoms with Gasteiger partial charge in [-0.25, -0.2) is 4.39 Å². The molecule has 8 heteroatoms. The lowest BCUT2D eigenvalue weighted by Gasteiger charge is -2.42. The van der Waals surface area contributed by atoms with Gasteiger partial charge in [-0.1, -0.05) is 24.6 Å². The smallest absolute Gasteiger partial charge is 0.264 e. The van der Waals surface area contributed by atoms with E-state index in [9.17, 15) is 19.1 Å². The highest BCUT2D eigenvalue weighted by atomic mass is 19.1. The number of carbonyl (C=O) groups excluding carboxylic acids is 2. The van der Waals surface area contributed by atoms with Crippen molar-refractivity contribution in [3.05, 3.63) is 53.6 Å². The molecule has 2 fully saturated rings. The lowest BCUT2D eigenvalue weighted by Crippen LogP contribution is -2.51. The largest absolute Gasteiger partial charge is 0.375 e. The van der Waals surface area contributed by atoms with Crippen molar-refractivity contribution in [2.45, 2.75) is 50.7 Å². The first-order chi connectivity index (χ1) is 14.9. The third kappa shape index (κ3) is 2.77. The van der Waals surface area contributed by atoms with Crippen LogP contribution in [0, 0.1) is 11.2 Å². The second-order valence-electron chi connectivity index (χ2n) is 8.59. The first kappa shape index (κ1) is 19.9. The molecule has 0 radical (unpaired) electrons. The first-order valence-electron chi connectivity index (χ1n) is 10.7. The average molecular weight is 425 g/mol. The molecule has 0 saturated carbocycles. The van der Waals surface area contributed by atoms with E-state index in [0.717, 1.165) is 24.6 Å². The number of fused-ring (bicyclic) bond motifs is 2. The number of nitrogens with one attached hydrogen (secondary N) is 1. The Morgan fingerprint density at radius 2 is 2.16 bits per heavy atom. The van der Waals surface area contributed by atoms with Crippen LogP contribution in [0.25, 0.3) is 11.0 Å². The van der Waals surface area contributed by atoms with Crippen LogP contribution in [0.1, 0.15) is 50.8 Å². The van der Waals surface area contributed by atoms with E-state index in [1.54, 1.807) is 12.1 Å². The number of amides is 2. The summed E-state index contributed by atoms with van der Waals surface area (Å²) in [4.78, 5) is 27.3. The number of aliphatic hydroxyl groups is 1. The van der Waals surface area contributed by atoms with Crippen molar-refractivity contribution >= 4 is 22.8 Å². The van der Waals surface area contributed by atoms with Crippen molar-refractivity contribution in [2.24, 2.45) is 5.41 Å². The molecule has 5 rings (SSSR count). The number of halogens is 1. The van der Waals surface area contributed by atoms with E-state index >= 15 is 0 Å². The van der Waals surface area contributed by atoms with Crippen LogP contribution in [0.3, 0.4) is 0 Å². The Labute approximate surface area is 178 Å². The maximum absolute atomic E-state index is 13.6. The van der Waals surface area contributed by atoms with E-state index in [1.807, 2.05) is 13.0 Å². The highest BCUT2D eigenvalue weighted by Crippen LogP contribution is 2.48. The van der Waals surface area contributed by atoms with E-state index in [4.69, 9.17) is 4.52 Å². The fourth-order valence-corrected chi connectivity index (χ4v) is 5.23. The number of hydrogen-bond donors (Lipinski definition) is 2. The van der Waals surface area contributed by atoms with Crippen LogP contribution in [0.15, 0.2) is 46.6 Å². The molecule has 0 spiro atoms. The van der Waals surface area contributed by atoms with Gasteiger partial charge in [0.05, 0.1) is 6.04 Å². The van der Waals surface area contributed by atoms with Crippen LogP contribution in [-0.4, -0.2) is 39.1 Å². The monoisotopic (exact) mass is 425 g/mol. The standard InChI is InChI=1S/C23H24FN3O4/c1-2-9-22-10-8-15(13-23(22,30)21(29)25-20(22)28)27-11-4-3-5-17(27)19-16-7-6-14(24)12-18(16)31-26-19/h6-8,10,12-13,17,30H,2-5,9,11H2,1H3,(H,25,28,29). The minimum Gasteiger partial charge on any atom is -0.375 e. The Balaban J connectivity index is 1.56. The average Bonchev–Trinajstić information content (AvgIpc) is 3.25. The molecule has 2 N–H and O–H groups in total. The van der Waals surface area contributed by atoms with Crippen LogP contribution in [0.2, 0.25) is 0 Å². The molecule has 31 heavy (non-hydrogen) atoms. The van der Waals surface area contributed by atoms with E-state index in [1.165, 1.54) is 18.2 Å². The molecule has 1 aliphatic carbocycles. The molecule has 3 heterocycles. The minimum atomic E-state index is -1.93. The lowest BCUT2D eigenvalue weighted by molar-refractivity contribution is -0.138. The molecule has 2 saturated heterocycles. The van der Waals surface area contributed by atoms with Crippen molar-refractivity contribution in [1.29, 1.82) is 0 Å². The zero-order chi connectivity index (χ0) is 21.8. The fourth-order valence-electron chi connectivity index (χ4n) is 5.23. The van der Waals surface area contributed by atoms with Crippen LogP contribution >= 0.6 is 0 Å². The summed E-state index contributed by atoms with van der Waals surface area (Å²) < 4.78 is 19.0. The van der Waals surface area contributed by atoms with Gasteiger partial charge in [0.25, 0.3) is 5.91 Å². The summed E-state index contributed by atoms with van der Waals surface area (Å²) in [6.45, 7) is 2.61. The molecule has 1 aromatic heterocycles. The summed E-state index contributed by atoms with van der Waals surface area (Å²) >= 11 is 0. The molecule has 2 aliphatic heterocycles. The van der Waals surface area contributed by atoms with Crippen molar-refractivity contribution < 1.29 is 23.6 Å². The Kier molecular flexibility index (Phi) is 4.51. The van der Waals surface area contributed by atoms with Crippen LogP contribution in [0.4, 0.5) is 4.39 Å². The van der Waals surface area contributed by atoms with Gasteiger partial charge in [-0.05, 0) is 50.0 Å². The van der Waals surface area contributed by atoms with Crippen LogP contribution in [0.5, 0.6) is 0 Å². The predicted molar refractivity (Wildman–Crippen MR) is 110 cm³/mol. The second-order valence-corrected chi connectivity index (χ2v) is 8.59. The van der Waals surface area contributed by atoms with Gasteiger partial charge in [-0.2, -0.15) is 0 Å². The molecule has 0 bridgehead atoms. The Morgan fingerprint density at radius 3 is 2.97 bits per heavy atom. The summed E-state index contributed by atoms with van der Waals surface area (Å²) in [5, 5.41) is 18.7. The second kappa shape index (κ2) is 7.02. The quantitative estimate of drug-likeness (QED) is 0.731. The number of piperidine rings is 1. The number of likely N-dealkylation sites (tertiary alicyclic amines) is 1. The van der Waals surface area contributed by atoms with Crippen molar-refractivity contribution in [3.8, 4) is 0 Å². The van der Waals surface area contributed by atoms with Crippen LogP contribution in [-0.2, 0) is 9.59 Å². The molecule has 1 aromatic carbocycles.